The van der Waals surface area contributed by atoms with Crippen molar-refractivity contribution in [1.82, 2.24) is 5.32 Å². The fourth-order valence-electron chi connectivity index (χ4n) is 2.40. The van der Waals surface area contributed by atoms with E-state index < -0.39 is 0 Å². The zero-order valence-corrected chi connectivity index (χ0v) is 10.3. The predicted octanol–water partition coefficient (Wildman–Crippen LogP) is 1.87. The molecule has 1 aliphatic carbocycles. The molecular weight excluding hydrogens is 230 g/mol. The van der Waals surface area contributed by atoms with Gasteiger partial charge in [-0.25, -0.2) is 4.79 Å². The van der Waals surface area contributed by atoms with Gasteiger partial charge in [0.25, 0.3) is 0 Å². The fourth-order valence-corrected chi connectivity index (χ4v) is 2.40. The molecule has 0 aromatic heterocycles. The van der Waals surface area contributed by atoms with Gasteiger partial charge in [-0.15, -0.1) is 0 Å². The number of hydrogen-bond donors (Lipinski definition) is 1. The number of esters is 1. The van der Waals surface area contributed by atoms with Crippen LogP contribution in [0.1, 0.15) is 52.7 Å². The average Bonchev–Trinajstić information content (AvgIpc) is 3.12. The minimum atomic E-state index is -0.239. The molecule has 1 saturated carbocycles. The molecule has 0 saturated heterocycles. The molecule has 0 bridgehead atoms. The number of amides is 1. The maximum absolute atomic E-state index is 11.6. The molecule has 1 amide bonds. The van der Waals surface area contributed by atoms with Crippen molar-refractivity contribution >= 4 is 11.9 Å². The Balaban J connectivity index is 1.96. The molecule has 1 aromatic rings. The summed E-state index contributed by atoms with van der Waals surface area (Å²) in [4.78, 5) is 22.6. The molecule has 0 unspecified atom stereocenters. The fraction of sp³-hybridized carbons (Fsp3) is 0.429. The number of carbonyl (C=O) groups is 2. The Hall–Kier alpha value is -1.84. The van der Waals surface area contributed by atoms with Crippen molar-refractivity contribution in [2.45, 2.75) is 38.8 Å². The maximum Gasteiger partial charge on any atom is 0.338 e. The second kappa shape index (κ2) is 4.12. The van der Waals surface area contributed by atoms with Crippen molar-refractivity contribution in [3.63, 3.8) is 0 Å². The van der Waals surface area contributed by atoms with Gasteiger partial charge in [0.1, 0.15) is 6.61 Å². The molecule has 2 aliphatic rings. The van der Waals surface area contributed by atoms with E-state index in [-0.39, 0.29) is 11.9 Å². The number of fused-ring (bicyclic) bond motifs is 1. The van der Waals surface area contributed by atoms with Gasteiger partial charge in [0, 0.05) is 19.0 Å². The highest BCUT2D eigenvalue weighted by Crippen LogP contribution is 2.44. The second-order valence-corrected chi connectivity index (χ2v) is 4.97. The zero-order chi connectivity index (χ0) is 12.7. The topological polar surface area (TPSA) is 55.4 Å². The molecule has 1 heterocycles. The van der Waals surface area contributed by atoms with Gasteiger partial charge in [0.05, 0.1) is 5.56 Å². The number of rotatable bonds is 3. The quantitative estimate of drug-likeness (QED) is 0.827. The molecule has 4 heteroatoms. The average molecular weight is 245 g/mol. The van der Waals surface area contributed by atoms with Gasteiger partial charge >= 0.3 is 5.97 Å². The lowest BCUT2D eigenvalue weighted by Gasteiger charge is -2.09. The van der Waals surface area contributed by atoms with Gasteiger partial charge < -0.3 is 10.1 Å². The number of hydrogen-bond acceptors (Lipinski definition) is 3. The van der Waals surface area contributed by atoms with Gasteiger partial charge in [-0.3, -0.25) is 4.79 Å². The molecule has 94 valence electrons. The van der Waals surface area contributed by atoms with Crippen LogP contribution in [0.5, 0.6) is 0 Å². The van der Waals surface area contributed by atoms with Gasteiger partial charge in [0.15, 0.2) is 0 Å². The van der Waals surface area contributed by atoms with Crippen LogP contribution in [0, 0.1) is 0 Å². The summed E-state index contributed by atoms with van der Waals surface area (Å²) in [6.45, 7) is 2.36. The van der Waals surface area contributed by atoms with Crippen LogP contribution >= 0.6 is 0 Å². The van der Waals surface area contributed by atoms with Gasteiger partial charge in [0.2, 0.25) is 5.91 Å². The van der Waals surface area contributed by atoms with Crippen LogP contribution in [0.4, 0.5) is 0 Å². The SMILES string of the molecule is CC(=O)NCc1cc2c(c(C3CC3)c1)COC2=O. The van der Waals surface area contributed by atoms with Crippen molar-refractivity contribution in [2.75, 3.05) is 0 Å². The molecule has 1 aromatic carbocycles. The molecule has 4 nitrogen and oxygen atoms in total. The lowest BCUT2D eigenvalue weighted by molar-refractivity contribution is -0.119. The maximum atomic E-state index is 11.6. The number of nitrogens with one attached hydrogen (secondary N) is 1. The lowest BCUT2D eigenvalue weighted by Crippen LogP contribution is -2.19. The Morgan fingerprint density at radius 2 is 2.22 bits per heavy atom. The van der Waals surface area contributed by atoms with Crippen LogP contribution in [0.3, 0.4) is 0 Å². The van der Waals surface area contributed by atoms with E-state index in [1.807, 2.05) is 6.07 Å². The minimum Gasteiger partial charge on any atom is -0.457 e. The highest BCUT2D eigenvalue weighted by Gasteiger charge is 2.32. The minimum absolute atomic E-state index is 0.0638. The van der Waals surface area contributed by atoms with Crippen LogP contribution in [0.15, 0.2) is 12.1 Å². The highest BCUT2D eigenvalue weighted by atomic mass is 16.5. The molecule has 3 rings (SSSR count). The summed E-state index contributed by atoms with van der Waals surface area (Å²) in [6, 6.07) is 3.95. The van der Waals surface area contributed by atoms with Gasteiger partial charge in [-0.2, -0.15) is 0 Å². The van der Waals surface area contributed by atoms with Gasteiger partial charge in [-0.05, 0) is 36.0 Å². The molecule has 1 fully saturated rings. The summed E-state index contributed by atoms with van der Waals surface area (Å²) in [5.41, 5.74) is 3.94. The van der Waals surface area contributed by atoms with E-state index >= 15 is 0 Å². The summed E-state index contributed by atoms with van der Waals surface area (Å²) in [6.07, 6.45) is 2.37. The first-order valence-corrected chi connectivity index (χ1v) is 6.22. The number of ether oxygens (including phenoxy) is 1. The number of cyclic esters (lactones) is 1. The lowest BCUT2D eigenvalue weighted by atomic mass is 9.96. The largest absolute Gasteiger partial charge is 0.457 e. The molecular formula is C14H15NO3. The smallest absolute Gasteiger partial charge is 0.338 e. The van der Waals surface area contributed by atoms with Crippen molar-refractivity contribution in [3.8, 4) is 0 Å². The van der Waals surface area contributed by atoms with Crippen LogP contribution < -0.4 is 5.32 Å². The molecule has 0 radical (unpaired) electrons. The Bertz CT molecular complexity index is 532. The van der Waals surface area contributed by atoms with Crippen molar-refractivity contribution < 1.29 is 14.3 Å². The first kappa shape index (κ1) is 11.3. The van der Waals surface area contributed by atoms with Crippen LogP contribution in [0.25, 0.3) is 0 Å². The molecule has 1 N–H and O–H groups in total. The van der Waals surface area contributed by atoms with E-state index in [4.69, 9.17) is 4.74 Å². The monoisotopic (exact) mass is 245 g/mol. The first-order valence-electron chi connectivity index (χ1n) is 6.22. The van der Waals surface area contributed by atoms with Gasteiger partial charge in [-0.1, -0.05) is 6.07 Å². The van der Waals surface area contributed by atoms with Crippen LogP contribution in [-0.2, 0) is 22.7 Å². The predicted molar refractivity (Wildman–Crippen MR) is 65.1 cm³/mol. The molecule has 0 spiro atoms. The van der Waals surface area contributed by atoms with E-state index in [1.54, 1.807) is 0 Å². The Morgan fingerprint density at radius 3 is 2.89 bits per heavy atom. The first-order chi connectivity index (χ1) is 8.65. The summed E-state index contributed by atoms with van der Waals surface area (Å²) >= 11 is 0. The number of carbonyl (C=O) groups excluding carboxylic acids is 2. The van der Waals surface area contributed by atoms with E-state index in [0.717, 1.165) is 11.1 Å². The summed E-state index contributed by atoms with van der Waals surface area (Å²) in [5.74, 6) is 0.271. The zero-order valence-electron chi connectivity index (χ0n) is 10.3. The third-order valence-electron chi connectivity index (χ3n) is 3.47. The second-order valence-electron chi connectivity index (χ2n) is 4.97. The van der Waals surface area contributed by atoms with Crippen LogP contribution in [0.2, 0.25) is 0 Å². The number of benzene rings is 1. The molecule has 18 heavy (non-hydrogen) atoms. The Labute approximate surface area is 105 Å². The van der Waals surface area contributed by atoms with Crippen LogP contribution in [-0.4, -0.2) is 11.9 Å². The third kappa shape index (κ3) is 1.98. The summed E-state index contributed by atoms with van der Waals surface area (Å²) in [5, 5.41) is 2.76. The Morgan fingerprint density at radius 1 is 1.44 bits per heavy atom. The van der Waals surface area contributed by atoms with E-state index in [1.165, 1.54) is 25.3 Å². The van der Waals surface area contributed by atoms with E-state index in [0.29, 0.717) is 24.6 Å². The summed E-state index contributed by atoms with van der Waals surface area (Å²) < 4.78 is 5.10. The van der Waals surface area contributed by atoms with E-state index in [9.17, 15) is 9.59 Å². The van der Waals surface area contributed by atoms with Crippen molar-refractivity contribution in [1.29, 1.82) is 0 Å². The third-order valence-corrected chi connectivity index (χ3v) is 3.47. The normalized spacial score (nSPS) is 17.3. The van der Waals surface area contributed by atoms with Crippen molar-refractivity contribution in [2.24, 2.45) is 0 Å². The molecule has 1 aliphatic heterocycles. The molecule has 0 atom stereocenters. The Kier molecular flexibility index (Phi) is 2.58. The standard InChI is InChI=1S/C14H15NO3/c1-8(16)15-6-9-4-11(10-2-3-10)13-7-18-14(17)12(13)5-9/h4-5,10H,2-3,6-7H2,1H3,(H,15,16). The summed E-state index contributed by atoms with van der Waals surface area (Å²) in [7, 11) is 0. The highest BCUT2D eigenvalue weighted by molar-refractivity contribution is 5.94. The van der Waals surface area contributed by atoms with Crippen molar-refractivity contribution in [3.05, 3.63) is 34.4 Å². The van der Waals surface area contributed by atoms with E-state index in [2.05, 4.69) is 11.4 Å².